The van der Waals surface area contributed by atoms with Gasteiger partial charge in [0.2, 0.25) is 0 Å². The summed E-state index contributed by atoms with van der Waals surface area (Å²) in [6.07, 6.45) is 1.54. The summed E-state index contributed by atoms with van der Waals surface area (Å²) in [4.78, 5) is 2.10. The highest BCUT2D eigenvalue weighted by atomic mass is 35.5. The number of ether oxygens (including phenoxy) is 2. The molecular weight excluding hydrogens is 344 g/mol. The maximum atomic E-state index is 6.30. The summed E-state index contributed by atoms with van der Waals surface area (Å²) in [5, 5.41) is 1.10. The highest BCUT2D eigenvalue weighted by molar-refractivity contribution is 6.55. The molecule has 1 aliphatic rings. The van der Waals surface area contributed by atoms with E-state index in [1.807, 2.05) is 0 Å². The van der Waals surface area contributed by atoms with Crippen LogP contribution in [0.1, 0.15) is 0 Å². The van der Waals surface area contributed by atoms with Crippen LogP contribution >= 0.6 is 46.4 Å². The first kappa shape index (κ1) is 16.1. The Morgan fingerprint density at radius 2 is 1.80 bits per heavy atom. The third-order valence-electron chi connectivity index (χ3n) is 2.81. The second-order valence-electron chi connectivity index (χ2n) is 4.14. The van der Waals surface area contributed by atoms with Crippen LogP contribution in [-0.2, 0) is 4.74 Å². The van der Waals surface area contributed by atoms with Crippen molar-refractivity contribution in [1.82, 2.24) is 0 Å². The van der Waals surface area contributed by atoms with Gasteiger partial charge in [-0.25, -0.2) is 0 Å². The third kappa shape index (κ3) is 4.34. The predicted molar refractivity (Wildman–Crippen MR) is 84.8 cm³/mol. The summed E-state index contributed by atoms with van der Waals surface area (Å²) in [5.41, 5.74) is 0.815. The summed E-state index contributed by atoms with van der Waals surface area (Å²) in [5.74, 6) is 0.572. The molecule has 0 aliphatic carbocycles. The van der Waals surface area contributed by atoms with Gasteiger partial charge < -0.3 is 14.4 Å². The Morgan fingerprint density at radius 1 is 1.20 bits per heavy atom. The van der Waals surface area contributed by atoms with Crippen molar-refractivity contribution in [2.45, 2.75) is 0 Å². The Hall–Kier alpha value is -0.320. The number of nitrogens with zero attached hydrogens (tertiary/aromatic N) is 1. The van der Waals surface area contributed by atoms with Gasteiger partial charge >= 0.3 is 0 Å². The van der Waals surface area contributed by atoms with Gasteiger partial charge in [-0.3, -0.25) is 0 Å². The molecule has 20 heavy (non-hydrogen) atoms. The fourth-order valence-electron chi connectivity index (χ4n) is 1.92. The highest BCUT2D eigenvalue weighted by Gasteiger charge is 2.18. The zero-order chi connectivity index (χ0) is 14.5. The fraction of sp³-hybridized carbons (Fsp3) is 0.385. The van der Waals surface area contributed by atoms with Crippen molar-refractivity contribution in [3.05, 3.63) is 32.7 Å². The molecule has 110 valence electrons. The van der Waals surface area contributed by atoms with Gasteiger partial charge in [0.05, 0.1) is 28.9 Å². The van der Waals surface area contributed by atoms with Crippen LogP contribution in [0.3, 0.4) is 0 Å². The molecule has 0 atom stereocenters. The summed E-state index contributed by atoms with van der Waals surface area (Å²) in [7, 11) is 0. The predicted octanol–water partition coefficient (Wildman–Crippen LogP) is 4.53. The van der Waals surface area contributed by atoms with Crippen molar-refractivity contribution in [3.8, 4) is 5.75 Å². The first-order valence-corrected chi connectivity index (χ1v) is 7.55. The van der Waals surface area contributed by atoms with Crippen molar-refractivity contribution in [1.29, 1.82) is 0 Å². The normalized spacial score (nSPS) is 15.1. The van der Waals surface area contributed by atoms with Gasteiger partial charge in [-0.15, -0.1) is 0 Å². The Morgan fingerprint density at radius 3 is 2.35 bits per heavy atom. The van der Waals surface area contributed by atoms with Crippen LogP contribution in [0.15, 0.2) is 22.7 Å². The van der Waals surface area contributed by atoms with Gasteiger partial charge in [0, 0.05) is 25.2 Å². The summed E-state index contributed by atoms with van der Waals surface area (Å²) >= 11 is 23.6. The third-order valence-corrected chi connectivity index (χ3v) is 3.69. The Bertz CT molecular complexity index is 474. The van der Waals surface area contributed by atoms with E-state index in [4.69, 9.17) is 55.9 Å². The molecule has 0 spiro atoms. The van der Waals surface area contributed by atoms with E-state index < -0.39 is 0 Å². The molecule has 0 aromatic heterocycles. The molecule has 0 unspecified atom stereocenters. The molecule has 0 N–H and O–H groups in total. The number of hydrogen-bond donors (Lipinski definition) is 0. The van der Waals surface area contributed by atoms with E-state index in [0.29, 0.717) is 29.0 Å². The van der Waals surface area contributed by atoms with Crippen molar-refractivity contribution in [2.75, 3.05) is 37.8 Å². The Balaban J connectivity index is 2.13. The first-order chi connectivity index (χ1) is 9.58. The number of rotatable bonds is 4. The lowest BCUT2D eigenvalue weighted by atomic mass is 10.2. The van der Waals surface area contributed by atoms with Crippen LogP contribution in [0, 0.1) is 0 Å². The zero-order valence-electron chi connectivity index (χ0n) is 10.5. The Labute approximate surface area is 137 Å². The lowest BCUT2D eigenvalue weighted by Crippen LogP contribution is -2.36. The highest BCUT2D eigenvalue weighted by Crippen LogP contribution is 2.37. The second-order valence-corrected chi connectivity index (χ2v) is 5.96. The van der Waals surface area contributed by atoms with Crippen molar-refractivity contribution in [2.24, 2.45) is 0 Å². The molecular formula is C13H13Cl4NO2. The molecule has 1 aromatic carbocycles. The monoisotopic (exact) mass is 355 g/mol. The topological polar surface area (TPSA) is 21.7 Å². The molecule has 0 radical (unpaired) electrons. The van der Waals surface area contributed by atoms with Crippen molar-refractivity contribution in [3.63, 3.8) is 0 Å². The van der Waals surface area contributed by atoms with Gasteiger partial charge in [0.25, 0.3) is 0 Å². The molecule has 0 bridgehead atoms. The van der Waals surface area contributed by atoms with Gasteiger partial charge in [0.15, 0.2) is 0 Å². The lowest BCUT2D eigenvalue weighted by molar-refractivity contribution is 0.122. The average Bonchev–Trinajstić information content (AvgIpc) is 2.38. The smallest absolute Gasteiger partial charge is 0.122 e. The van der Waals surface area contributed by atoms with E-state index in [9.17, 15) is 0 Å². The molecule has 0 amide bonds. The van der Waals surface area contributed by atoms with E-state index in [1.165, 1.54) is 0 Å². The summed E-state index contributed by atoms with van der Waals surface area (Å²) in [6, 6.07) is 3.46. The van der Waals surface area contributed by atoms with Crippen LogP contribution in [0.4, 0.5) is 5.69 Å². The lowest BCUT2D eigenvalue weighted by Gasteiger charge is -2.30. The van der Waals surface area contributed by atoms with Gasteiger partial charge in [-0.2, -0.15) is 0 Å². The largest absolute Gasteiger partial charge is 0.489 e. The number of halogens is 4. The van der Waals surface area contributed by atoms with Gasteiger partial charge in [-0.1, -0.05) is 46.4 Å². The van der Waals surface area contributed by atoms with Crippen LogP contribution < -0.4 is 9.64 Å². The van der Waals surface area contributed by atoms with E-state index >= 15 is 0 Å². The first-order valence-electron chi connectivity index (χ1n) is 6.03. The number of morpholine rings is 1. The van der Waals surface area contributed by atoms with Crippen molar-refractivity contribution >= 4 is 52.1 Å². The quantitative estimate of drug-likeness (QED) is 0.791. The van der Waals surface area contributed by atoms with Crippen LogP contribution in [0.25, 0.3) is 0 Å². The van der Waals surface area contributed by atoms with Crippen molar-refractivity contribution < 1.29 is 9.47 Å². The summed E-state index contributed by atoms with van der Waals surface area (Å²) in [6.45, 7) is 3.13. The minimum Gasteiger partial charge on any atom is -0.489 e. The molecule has 3 nitrogen and oxygen atoms in total. The molecule has 1 aromatic rings. The molecule has 1 heterocycles. The maximum Gasteiger partial charge on any atom is 0.122 e. The van der Waals surface area contributed by atoms with E-state index in [0.717, 1.165) is 18.8 Å². The Kier molecular flexibility index (Phi) is 6.12. The number of hydrogen-bond acceptors (Lipinski definition) is 3. The number of benzene rings is 1. The van der Waals surface area contributed by atoms with Gasteiger partial charge in [0.1, 0.15) is 16.8 Å². The second kappa shape index (κ2) is 7.62. The van der Waals surface area contributed by atoms with Crippen LogP contribution in [0.5, 0.6) is 5.75 Å². The summed E-state index contributed by atoms with van der Waals surface area (Å²) < 4.78 is 10.9. The van der Waals surface area contributed by atoms with Crippen LogP contribution in [-0.4, -0.2) is 32.9 Å². The minimum atomic E-state index is 0.159. The molecule has 2 rings (SSSR count). The van der Waals surface area contributed by atoms with E-state index in [-0.39, 0.29) is 11.1 Å². The average molecular weight is 357 g/mol. The maximum absolute atomic E-state index is 6.30. The molecule has 0 saturated carbocycles. The molecule has 1 saturated heterocycles. The van der Waals surface area contributed by atoms with Gasteiger partial charge in [-0.05, 0) is 6.08 Å². The van der Waals surface area contributed by atoms with E-state index in [2.05, 4.69) is 4.90 Å². The fourth-order valence-corrected chi connectivity index (χ4v) is 2.75. The van der Waals surface area contributed by atoms with Crippen LogP contribution in [0.2, 0.25) is 10.0 Å². The van der Waals surface area contributed by atoms with E-state index in [1.54, 1.807) is 18.2 Å². The molecule has 1 aliphatic heterocycles. The zero-order valence-corrected chi connectivity index (χ0v) is 13.6. The SMILES string of the molecule is ClC(Cl)=CCOc1cc(Cl)c(N2CCOCC2)c(Cl)c1. The molecule has 1 fully saturated rings. The minimum absolute atomic E-state index is 0.159. The standard InChI is InChI=1S/C13H13Cl4NO2/c14-10-7-9(20-4-1-12(16)17)8-11(15)13(10)18-2-5-19-6-3-18/h1,7-8H,2-6H2. The number of anilines is 1. The molecule has 7 heteroatoms.